The third kappa shape index (κ3) is 3.58. The van der Waals surface area contributed by atoms with Gasteiger partial charge in [-0.2, -0.15) is 0 Å². The Bertz CT molecular complexity index is 439. The molecular weight excluding hydrogens is 262 g/mol. The average molecular weight is 291 g/mol. The second kappa shape index (κ2) is 7.28. The largest absolute Gasteiger partial charge is 0.491 e. The maximum absolute atomic E-state index is 6.24. The molecule has 0 bridgehead atoms. The van der Waals surface area contributed by atoms with Gasteiger partial charge in [0.15, 0.2) is 0 Å². The third-order valence-electron chi connectivity index (χ3n) is 4.29. The minimum Gasteiger partial charge on any atom is -0.491 e. The molecule has 0 heterocycles. The van der Waals surface area contributed by atoms with Crippen LogP contribution in [0.5, 0.6) is 5.75 Å². The topological polar surface area (TPSA) is 30.5 Å². The van der Waals surface area contributed by atoms with Gasteiger partial charge in [0.2, 0.25) is 0 Å². The van der Waals surface area contributed by atoms with Crippen LogP contribution in [-0.4, -0.2) is 25.4 Å². The van der Waals surface area contributed by atoms with Crippen LogP contribution in [0.25, 0.3) is 0 Å². The molecule has 1 saturated carbocycles. The predicted molar refractivity (Wildman–Crippen MR) is 86.8 cm³/mol. The van der Waals surface area contributed by atoms with Crippen LogP contribution >= 0.6 is 0 Å². The SMILES string of the molecule is CCOC1(C(NC)c2ccccc2OC(C)C)CCCC1. The lowest BCUT2D eigenvalue weighted by molar-refractivity contribution is -0.0616. The summed E-state index contributed by atoms with van der Waals surface area (Å²) in [5, 5.41) is 3.49. The van der Waals surface area contributed by atoms with E-state index in [0.29, 0.717) is 0 Å². The van der Waals surface area contributed by atoms with Crippen LogP contribution in [0.1, 0.15) is 58.1 Å². The molecule has 0 aromatic heterocycles. The van der Waals surface area contributed by atoms with Gasteiger partial charge in [-0.25, -0.2) is 0 Å². The van der Waals surface area contributed by atoms with E-state index in [1.165, 1.54) is 18.4 Å². The van der Waals surface area contributed by atoms with E-state index in [1.54, 1.807) is 0 Å². The lowest BCUT2D eigenvalue weighted by Crippen LogP contribution is -2.43. The van der Waals surface area contributed by atoms with Crippen molar-refractivity contribution in [3.8, 4) is 5.75 Å². The van der Waals surface area contributed by atoms with Crippen molar-refractivity contribution in [2.45, 2.75) is 64.2 Å². The van der Waals surface area contributed by atoms with E-state index < -0.39 is 0 Å². The summed E-state index contributed by atoms with van der Waals surface area (Å²) >= 11 is 0. The smallest absolute Gasteiger partial charge is 0.124 e. The summed E-state index contributed by atoms with van der Waals surface area (Å²) < 4.78 is 12.3. The van der Waals surface area contributed by atoms with E-state index in [1.807, 2.05) is 13.1 Å². The van der Waals surface area contributed by atoms with Gasteiger partial charge in [-0.1, -0.05) is 31.0 Å². The van der Waals surface area contributed by atoms with E-state index in [0.717, 1.165) is 25.2 Å². The van der Waals surface area contributed by atoms with Crippen molar-refractivity contribution < 1.29 is 9.47 Å². The highest BCUT2D eigenvalue weighted by molar-refractivity contribution is 5.38. The summed E-state index contributed by atoms with van der Waals surface area (Å²) in [6, 6.07) is 8.53. The second-order valence-corrected chi connectivity index (χ2v) is 6.13. The number of benzene rings is 1. The number of rotatable bonds is 7. The van der Waals surface area contributed by atoms with E-state index in [2.05, 4.69) is 44.3 Å². The number of hydrogen-bond acceptors (Lipinski definition) is 3. The fourth-order valence-electron chi connectivity index (χ4n) is 3.56. The Balaban J connectivity index is 2.36. The highest BCUT2D eigenvalue weighted by Gasteiger charge is 2.43. The number of likely N-dealkylation sites (N-methyl/N-ethyl adjacent to an activating group) is 1. The van der Waals surface area contributed by atoms with E-state index in [9.17, 15) is 0 Å². The van der Waals surface area contributed by atoms with Crippen LogP contribution in [-0.2, 0) is 4.74 Å². The van der Waals surface area contributed by atoms with Crippen molar-refractivity contribution in [2.75, 3.05) is 13.7 Å². The highest BCUT2D eigenvalue weighted by Crippen LogP contribution is 2.45. The summed E-state index contributed by atoms with van der Waals surface area (Å²) in [6.07, 6.45) is 4.89. The third-order valence-corrected chi connectivity index (χ3v) is 4.29. The Hall–Kier alpha value is -1.06. The first-order valence-electron chi connectivity index (χ1n) is 8.19. The van der Waals surface area contributed by atoms with Crippen LogP contribution in [0.2, 0.25) is 0 Å². The molecule has 1 aromatic carbocycles. The quantitative estimate of drug-likeness (QED) is 0.821. The first-order chi connectivity index (χ1) is 10.1. The Morgan fingerprint density at radius 3 is 2.43 bits per heavy atom. The Morgan fingerprint density at radius 1 is 1.19 bits per heavy atom. The monoisotopic (exact) mass is 291 g/mol. The first-order valence-corrected chi connectivity index (χ1v) is 8.19. The molecule has 3 nitrogen and oxygen atoms in total. The maximum atomic E-state index is 6.24. The normalized spacial score (nSPS) is 18.9. The molecule has 0 aliphatic heterocycles. The van der Waals surface area contributed by atoms with Crippen molar-refractivity contribution in [3.05, 3.63) is 29.8 Å². The lowest BCUT2D eigenvalue weighted by Gasteiger charge is -2.38. The number of nitrogens with one attached hydrogen (secondary N) is 1. The number of ether oxygens (including phenoxy) is 2. The van der Waals surface area contributed by atoms with Crippen molar-refractivity contribution in [3.63, 3.8) is 0 Å². The van der Waals surface area contributed by atoms with Gasteiger partial charge in [0.1, 0.15) is 5.75 Å². The summed E-state index contributed by atoms with van der Waals surface area (Å²) in [5.74, 6) is 0.970. The standard InChI is InChI=1S/C18H29NO2/c1-5-20-18(12-8-9-13-18)17(19-4)15-10-6-7-11-16(15)21-14(2)3/h6-7,10-11,14,17,19H,5,8-9,12-13H2,1-4H3. The number of hydrogen-bond donors (Lipinski definition) is 1. The summed E-state index contributed by atoms with van der Waals surface area (Å²) in [6.45, 7) is 6.98. The lowest BCUT2D eigenvalue weighted by atomic mass is 9.86. The minimum atomic E-state index is -0.0973. The molecule has 0 saturated heterocycles. The van der Waals surface area contributed by atoms with Gasteiger partial charge in [-0.05, 0) is 46.7 Å². The molecule has 1 fully saturated rings. The molecule has 1 N–H and O–H groups in total. The fourth-order valence-corrected chi connectivity index (χ4v) is 3.56. The molecule has 1 aliphatic rings. The molecule has 0 radical (unpaired) electrons. The minimum absolute atomic E-state index is 0.0973. The van der Waals surface area contributed by atoms with Crippen molar-refractivity contribution in [2.24, 2.45) is 0 Å². The van der Waals surface area contributed by atoms with Crippen LogP contribution in [0.15, 0.2) is 24.3 Å². The zero-order valence-electron chi connectivity index (χ0n) is 13.8. The molecular formula is C18H29NO2. The molecule has 0 spiro atoms. The first kappa shape index (κ1) is 16.3. The van der Waals surface area contributed by atoms with E-state index >= 15 is 0 Å². The van der Waals surface area contributed by atoms with Crippen LogP contribution in [0.3, 0.4) is 0 Å². The number of para-hydroxylation sites is 1. The fraction of sp³-hybridized carbons (Fsp3) is 0.667. The van der Waals surface area contributed by atoms with Crippen molar-refractivity contribution in [1.29, 1.82) is 0 Å². The van der Waals surface area contributed by atoms with Crippen LogP contribution < -0.4 is 10.1 Å². The van der Waals surface area contributed by atoms with Crippen molar-refractivity contribution in [1.82, 2.24) is 5.32 Å². The summed E-state index contributed by atoms with van der Waals surface area (Å²) in [4.78, 5) is 0. The molecule has 2 rings (SSSR count). The Morgan fingerprint density at radius 2 is 1.86 bits per heavy atom. The van der Waals surface area contributed by atoms with Gasteiger partial charge in [-0.3, -0.25) is 0 Å². The van der Waals surface area contributed by atoms with Gasteiger partial charge in [0.05, 0.1) is 17.7 Å². The molecule has 1 aliphatic carbocycles. The molecule has 21 heavy (non-hydrogen) atoms. The summed E-state index contributed by atoms with van der Waals surface area (Å²) in [7, 11) is 2.02. The molecule has 1 atom stereocenters. The Labute approximate surface area is 129 Å². The van der Waals surface area contributed by atoms with Gasteiger partial charge in [0.25, 0.3) is 0 Å². The molecule has 1 unspecified atom stereocenters. The average Bonchev–Trinajstić information content (AvgIpc) is 2.91. The molecule has 1 aromatic rings. The molecule has 0 amide bonds. The zero-order chi connectivity index (χ0) is 15.3. The molecule has 3 heteroatoms. The van der Waals surface area contributed by atoms with Crippen LogP contribution in [0.4, 0.5) is 0 Å². The predicted octanol–water partition coefficient (Wildman–Crippen LogP) is 4.08. The zero-order valence-corrected chi connectivity index (χ0v) is 13.8. The highest BCUT2D eigenvalue weighted by atomic mass is 16.5. The molecule has 118 valence electrons. The van der Waals surface area contributed by atoms with Crippen molar-refractivity contribution >= 4 is 0 Å². The van der Waals surface area contributed by atoms with Gasteiger partial charge >= 0.3 is 0 Å². The van der Waals surface area contributed by atoms with E-state index in [4.69, 9.17) is 9.47 Å². The van der Waals surface area contributed by atoms with Gasteiger partial charge < -0.3 is 14.8 Å². The van der Waals surface area contributed by atoms with E-state index in [-0.39, 0.29) is 17.7 Å². The summed E-state index contributed by atoms with van der Waals surface area (Å²) in [5.41, 5.74) is 1.11. The van der Waals surface area contributed by atoms with Crippen LogP contribution in [0, 0.1) is 0 Å². The second-order valence-electron chi connectivity index (χ2n) is 6.13. The Kier molecular flexibility index (Phi) is 5.65. The maximum Gasteiger partial charge on any atom is 0.124 e. The van der Waals surface area contributed by atoms with Gasteiger partial charge in [-0.15, -0.1) is 0 Å². The van der Waals surface area contributed by atoms with Gasteiger partial charge in [0, 0.05) is 12.2 Å².